The maximum Gasteiger partial charge on any atom is 0.242 e. The molecule has 0 saturated carbocycles. The van der Waals surface area contributed by atoms with Crippen molar-refractivity contribution in [3.63, 3.8) is 0 Å². The number of piperidine rings is 1. The van der Waals surface area contributed by atoms with Crippen LogP contribution in [0.5, 0.6) is 0 Å². The zero-order valence-electron chi connectivity index (χ0n) is 19.1. The largest absolute Gasteiger partial charge is 0.303 e. The summed E-state index contributed by atoms with van der Waals surface area (Å²) in [6.45, 7) is 3.12. The number of aromatic nitrogens is 2. The molecule has 1 unspecified atom stereocenters. The summed E-state index contributed by atoms with van der Waals surface area (Å²) in [7, 11) is 0. The van der Waals surface area contributed by atoms with E-state index in [-0.39, 0.29) is 17.6 Å². The van der Waals surface area contributed by atoms with E-state index in [1.165, 1.54) is 23.7 Å². The summed E-state index contributed by atoms with van der Waals surface area (Å²) >= 11 is 6.13. The van der Waals surface area contributed by atoms with Gasteiger partial charge in [-0.3, -0.25) is 0 Å². The van der Waals surface area contributed by atoms with Crippen molar-refractivity contribution in [3.8, 4) is 0 Å². The summed E-state index contributed by atoms with van der Waals surface area (Å²) < 4.78 is 29.7. The summed E-state index contributed by atoms with van der Waals surface area (Å²) in [5, 5.41) is 0.744. The van der Waals surface area contributed by atoms with E-state index in [4.69, 9.17) is 11.6 Å². The van der Waals surface area contributed by atoms with Gasteiger partial charge in [-0.1, -0.05) is 35.9 Å². The third-order valence-corrected chi connectivity index (χ3v) is 7.27. The maximum atomic E-state index is 13.9. The number of rotatable bonds is 7. The van der Waals surface area contributed by atoms with E-state index in [1.54, 1.807) is 12.1 Å². The summed E-state index contributed by atoms with van der Waals surface area (Å²) in [5.41, 5.74) is 4.24. The van der Waals surface area contributed by atoms with E-state index >= 15 is 0 Å². The molecule has 1 atom stereocenters. The molecule has 2 heterocycles. The minimum Gasteiger partial charge on any atom is -0.303 e. The number of imidazole rings is 1. The molecule has 6 heteroatoms. The Morgan fingerprint density at radius 2 is 1.74 bits per heavy atom. The smallest absolute Gasteiger partial charge is 0.242 e. The first-order valence-corrected chi connectivity index (χ1v) is 12.4. The van der Waals surface area contributed by atoms with Crippen LogP contribution in [0.3, 0.4) is 0 Å². The molecule has 0 bridgehead atoms. The van der Waals surface area contributed by atoms with Gasteiger partial charge in [-0.25, -0.2) is 18.3 Å². The van der Waals surface area contributed by atoms with Crippen molar-refractivity contribution < 1.29 is 13.3 Å². The Labute approximate surface area is 204 Å². The molecule has 3 aromatic carbocycles. The fourth-order valence-electron chi connectivity index (χ4n) is 5.24. The highest BCUT2D eigenvalue weighted by Crippen LogP contribution is 2.30. The molecule has 1 aromatic heterocycles. The summed E-state index contributed by atoms with van der Waals surface area (Å²) in [6, 6.07) is 19.9. The number of nitrogens with one attached hydrogen (secondary N) is 1. The van der Waals surface area contributed by atoms with Crippen LogP contribution in [0.25, 0.3) is 11.0 Å². The number of benzene rings is 3. The Morgan fingerprint density at radius 3 is 2.50 bits per heavy atom. The van der Waals surface area contributed by atoms with Gasteiger partial charge in [0.05, 0.1) is 0 Å². The predicted octanol–water partition coefficient (Wildman–Crippen LogP) is 6.64. The van der Waals surface area contributed by atoms with Gasteiger partial charge >= 0.3 is 0 Å². The average Bonchev–Trinajstić information content (AvgIpc) is 3.26. The predicted molar refractivity (Wildman–Crippen MR) is 132 cm³/mol. The first kappa shape index (κ1) is 23.0. The van der Waals surface area contributed by atoms with E-state index in [0.717, 1.165) is 67.0 Å². The van der Waals surface area contributed by atoms with Crippen molar-refractivity contribution in [1.82, 2.24) is 9.88 Å². The molecule has 1 fully saturated rings. The Balaban J connectivity index is 1.19. The molecule has 176 valence electrons. The molecule has 0 amide bonds. The van der Waals surface area contributed by atoms with E-state index in [9.17, 15) is 8.78 Å². The average molecular weight is 481 g/mol. The Hall–Kier alpha value is -2.76. The lowest BCUT2D eigenvalue weighted by atomic mass is 9.87. The standard InChI is InChI=1S/C28H28ClF2N3/c29-22-8-11-28-27(18-22)32-19-34(28)25-12-15-33(16-13-25)14-2-5-26(20-6-9-23(30)10-7-20)21-3-1-4-24(31)17-21/h1,3-4,6-11,17-19,25-26H,2,5,12-16H2/p+1. The molecule has 1 N–H and O–H groups in total. The van der Waals surface area contributed by atoms with Gasteiger partial charge in [0.15, 0.2) is 11.0 Å². The first-order chi connectivity index (χ1) is 16.6. The van der Waals surface area contributed by atoms with Gasteiger partial charge in [0, 0.05) is 42.9 Å². The second-order valence-electron chi connectivity index (χ2n) is 9.22. The normalized spacial score (nSPS) is 16.2. The summed E-state index contributed by atoms with van der Waals surface area (Å²) in [4.78, 5) is 5.86. The molecule has 0 spiro atoms. The lowest BCUT2D eigenvalue weighted by Crippen LogP contribution is -2.46. The Morgan fingerprint density at radius 1 is 0.941 bits per heavy atom. The third kappa shape index (κ3) is 5.16. The zero-order valence-corrected chi connectivity index (χ0v) is 19.8. The zero-order chi connectivity index (χ0) is 23.5. The SMILES string of the molecule is Fc1ccc(C(CCCN2CCC([n+]3c[nH]c4cc(Cl)ccc43)CC2)c2cccc(F)c2)cc1. The maximum absolute atomic E-state index is 13.9. The number of hydrogen-bond donors (Lipinski definition) is 1. The van der Waals surface area contributed by atoms with Crippen LogP contribution >= 0.6 is 11.6 Å². The van der Waals surface area contributed by atoms with Crippen LogP contribution in [0.2, 0.25) is 5.02 Å². The van der Waals surface area contributed by atoms with Gasteiger partial charge < -0.3 is 4.90 Å². The van der Waals surface area contributed by atoms with Crippen molar-refractivity contribution in [2.75, 3.05) is 19.6 Å². The Kier molecular flexibility index (Phi) is 6.93. The van der Waals surface area contributed by atoms with E-state index in [2.05, 4.69) is 26.8 Å². The highest BCUT2D eigenvalue weighted by molar-refractivity contribution is 6.31. The van der Waals surface area contributed by atoms with Crippen LogP contribution in [-0.4, -0.2) is 29.5 Å². The van der Waals surface area contributed by atoms with Crippen molar-refractivity contribution >= 4 is 22.6 Å². The molecule has 3 nitrogen and oxygen atoms in total. The van der Waals surface area contributed by atoms with Gasteiger partial charge in [-0.15, -0.1) is 0 Å². The molecule has 5 rings (SSSR count). The fourth-order valence-corrected chi connectivity index (χ4v) is 5.42. The van der Waals surface area contributed by atoms with Crippen molar-refractivity contribution in [1.29, 1.82) is 0 Å². The van der Waals surface area contributed by atoms with Crippen LogP contribution in [0.4, 0.5) is 8.78 Å². The van der Waals surface area contributed by atoms with E-state index in [0.29, 0.717) is 6.04 Å². The minimum atomic E-state index is -0.249. The number of H-pyrrole nitrogens is 1. The van der Waals surface area contributed by atoms with Crippen LogP contribution < -0.4 is 4.57 Å². The van der Waals surface area contributed by atoms with Gasteiger partial charge in [0.1, 0.15) is 17.7 Å². The van der Waals surface area contributed by atoms with Gasteiger partial charge in [-0.05, 0) is 66.9 Å². The number of fused-ring (bicyclic) bond motifs is 1. The Bertz CT molecular complexity index is 1250. The highest BCUT2D eigenvalue weighted by atomic mass is 35.5. The number of halogens is 3. The van der Waals surface area contributed by atoms with Crippen LogP contribution in [0.1, 0.15) is 48.8 Å². The molecule has 1 saturated heterocycles. The lowest BCUT2D eigenvalue weighted by molar-refractivity contribution is -0.701. The first-order valence-electron chi connectivity index (χ1n) is 12.0. The monoisotopic (exact) mass is 480 g/mol. The number of hydrogen-bond acceptors (Lipinski definition) is 1. The van der Waals surface area contributed by atoms with Crippen LogP contribution in [0, 0.1) is 11.6 Å². The molecule has 0 aliphatic carbocycles. The molecule has 34 heavy (non-hydrogen) atoms. The third-order valence-electron chi connectivity index (χ3n) is 7.04. The van der Waals surface area contributed by atoms with Gasteiger partial charge in [0.2, 0.25) is 6.33 Å². The highest BCUT2D eigenvalue weighted by Gasteiger charge is 2.26. The topological polar surface area (TPSA) is 22.9 Å². The molecule has 1 aliphatic heterocycles. The summed E-state index contributed by atoms with van der Waals surface area (Å²) in [5.74, 6) is -0.424. The quantitative estimate of drug-likeness (QED) is 0.294. The molecule has 1 aliphatic rings. The van der Waals surface area contributed by atoms with Crippen molar-refractivity contribution in [2.45, 2.75) is 37.6 Å². The minimum absolute atomic E-state index is 0.0578. The molecular weight excluding hydrogens is 452 g/mol. The summed E-state index contributed by atoms with van der Waals surface area (Å²) in [6.07, 6.45) is 6.17. The van der Waals surface area contributed by atoms with Gasteiger partial charge in [-0.2, -0.15) is 0 Å². The van der Waals surface area contributed by atoms with Gasteiger partial charge in [0.25, 0.3) is 0 Å². The van der Waals surface area contributed by atoms with Crippen molar-refractivity contribution in [3.05, 3.63) is 101 Å². The molecule has 0 radical (unpaired) electrons. The van der Waals surface area contributed by atoms with E-state index < -0.39 is 0 Å². The molecular formula is C28H29ClF2N3+. The fraction of sp³-hybridized carbons (Fsp3) is 0.321. The molecule has 4 aromatic rings. The number of nitrogens with zero attached hydrogens (tertiary/aromatic N) is 2. The van der Waals surface area contributed by atoms with Crippen LogP contribution in [0.15, 0.2) is 73.1 Å². The number of likely N-dealkylation sites (tertiary alicyclic amines) is 1. The second kappa shape index (κ2) is 10.2. The second-order valence-corrected chi connectivity index (χ2v) is 9.65. The van der Waals surface area contributed by atoms with E-state index in [1.807, 2.05) is 30.3 Å². The van der Waals surface area contributed by atoms with Crippen LogP contribution in [-0.2, 0) is 0 Å². The van der Waals surface area contributed by atoms with Crippen molar-refractivity contribution in [2.24, 2.45) is 0 Å². The number of aromatic amines is 1. The lowest BCUT2D eigenvalue weighted by Gasteiger charge is -2.31.